The Bertz CT molecular complexity index is 810. The minimum absolute atomic E-state index is 0.108. The van der Waals surface area contributed by atoms with Crippen LogP contribution >= 0.6 is 12.2 Å². The quantitative estimate of drug-likeness (QED) is 0.464. The number of hydrogen-bond acceptors (Lipinski definition) is 6. The highest BCUT2D eigenvalue weighted by Crippen LogP contribution is 2.35. The summed E-state index contributed by atoms with van der Waals surface area (Å²) < 4.78 is 21.9. The Balaban J connectivity index is 1.71. The van der Waals surface area contributed by atoms with E-state index >= 15 is 0 Å². The summed E-state index contributed by atoms with van der Waals surface area (Å²) in [6.07, 6.45) is 1.61. The van der Waals surface area contributed by atoms with Gasteiger partial charge in [0.15, 0.2) is 16.6 Å². The summed E-state index contributed by atoms with van der Waals surface area (Å²) in [5.41, 5.74) is 9.57. The molecule has 1 aliphatic rings. The van der Waals surface area contributed by atoms with Crippen molar-refractivity contribution in [2.45, 2.75) is 6.61 Å². The molecule has 0 radical (unpaired) electrons. The van der Waals surface area contributed by atoms with Crippen molar-refractivity contribution in [1.29, 1.82) is 0 Å². The number of ether oxygens (including phenoxy) is 4. The highest BCUT2D eigenvalue weighted by Gasteiger charge is 2.14. The van der Waals surface area contributed by atoms with E-state index in [-0.39, 0.29) is 11.9 Å². The predicted octanol–water partition coefficient (Wildman–Crippen LogP) is 2.17. The molecule has 2 aromatic carbocycles. The summed E-state index contributed by atoms with van der Waals surface area (Å²) in [7, 11) is 1.61. The van der Waals surface area contributed by atoms with Crippen LogP contribution in [-0.4, -0.2) is 25.2 Å². The molecule has 0 bridgehead atoms. The van der Waals surface area contributed by atoms with Gasteiger partial charge in [-0.25, -0.2) is 0 Å². The maximum absolute atomic E-state index is 5.84. The van der Waals surface area contributed by atoms with Crippen molar-refractivity contribution < 1.29 is 18.9 Å². The van der Waals surface area contributed by atoms with Crippen molar-refractivity contribution >= 4 is 23.5 Å². The zero-order valence-electron chi connectivity index (χ0n) is 13.5. The summed E-state index contributed by atoms with van der Waals surface area (Å²) in [5.74, 6) is 2.79. The van der Waals surface area contributed by atoms with Gasteiger partial charge in [0, 0.05) is 11.6 Å². The van der Waals surface area contributed by atoms with Gasteiger partial charge < -0.3 is 24.7 Å². The summed E-state index contributed by atoms with van der Waals surface area (Å²) in [6, 6.07) is 11.1. The minimum Gasteiger partial charge on any atom is -0.496 e. The molecule has 0 unspecified atom stereocenters. The van der Waals surface area contributed by atoms with Crippen molar-refractivity contribution in [1.82, 2.24) is 5.43 Å². The number of thiocarbonyl (C=S) groups is 1. The molecule has 3 rings (SSSR count). The van der Waals surface area contributed by atoms with Gasteiger partial charge >= 0.3 is 0 Å². The first-order valence-corrected chi connectivity index (χ1v) is 7.84. The Kier molecular flexibility index (Phi) is 5.20. The lowest BCUT2D eigenvalue weighted by atomic mass is 10.1. The average Bonchev–Trinajstić information content (AvgIpc) is 3.07. The lowest BCUT2D eigenvalue weighted by Gasteiger charge is -2.11. The SMILES string of the molecule is COc1ccc(C=NNC(N)=S)cc1COc1ccc2c(c1)OCO2. The number of methoxy groups -OCH3 is 1. The highest BCUT2D eigenvalue weighted by molar-refractivity contribution is 7.80. The molecule has 7 nitrogen and oxygen atoms in total. The maximum atomic E-state index is 5.84. The van der Waals surface area contributed by atoms with E-state index in [1.54, 1.807) is 19.4 Å². The van der Waals surface area contributed by atoms with Gasteiger partial charge in [0.25, 0.3) is 0 Å². The third-order valence-electron chi connectivity index (χ3n) is 3.43. The van der Waals surface area contributed by atoms with E-state index in [0.29, 0.717) is 23.9 Å². The molecular weight excluding hydrogens is 342 g/mol. The molecule has 2 aromatic rings. The molecule has 130 valence electrons. The second kappa shape index (κ2) is 7.71. The molecule has 0 aliphatic carbocycles. The number of nitrogens with one attached hydrogen (secondary N) is 1. The molecule has 3 N–H and O–H groups in total. The molecule has 0 fully saturated rings. The van der Waals surface area contributed by atoms with Crippen LogP contribution in [0.3, 0.4) is 0 Å². The van der Waals surface area contributed by atoms with Gasteiger partial charge in [-0.1, -0.05) is 0 Å². The first-order valence-electron chi connectivity index (χ1n) is 7.43. The van der Waals surface area contributed by atoms with E-state index in [1.807, 2.05) is 30.3 Å². The van der Waals surface area contributed by atoms with Crippen LogP contribution in [0.1, 0.15) is 11.1 Å². The number of nitrogens with zero attached hydrogens (tertiary/aromatic N) is 1. The standard InChI is InChI=1S/C17H17N3O4S/c1-21-14-4-2-11(8-19-20-17(18)25)6-12(14)9-22-13-3-5-15-16(7-13)24-10-23-15/h2-8H,9-10H2,1H3,(H3,18,20,25). The van der Waals surface area contributed by atoms with Gasteiger partial charge in [-0.05, 0) is 48.1 Å². The number of hydrogen-bond donors (Lipinski definition) is 2. The van der Waals surface area contributed by atoms with Gasteiger partial charge in [-0.2, -0.15) is 5.10 Å². The first kappa shape index (κ1) is 16.8. The van der Waals surface area contributed by atoms with Crippen LogP contribution in [0.15, 0.2) is 41.5 Å². The Labute approximate surface area is 150 Å². The average molecular weight is 359 g/mol. The molecular formula is C17H17N3O4S. The molecule has 0 atom stereocenters. The van der Waals surface area contributed by atoms with Gasteiger partial charge in [-0.15, -0.1) is 0 Å². The second-order valence-corrected chi connectivity index (χ2v) is 5.55. The molecule has 0 spiro atoms. The summed E-state index contributed by atoms with van der Waals surface area (Å²) >= 11 is 4.70. The molecule has 0 aromatic heterocycles. The van der Waals surface area contributed by atoms with Crippen molar-refractivity contribution in [2.75, 3.05) is 13.9 Å². The zero-order valence-corrected chi connectivity index (χ0v) is 14.3. The van der Waals surface area contributed by atoms with Gasteiger partial charge in [0.05, 0.1) is 13.3 Å². The molecule has 0 saturated heterocycles. The molecule has 8 heteroatoms. The van der Waals surface area contributed by atoms with Crippen molar-refractivity contribution in [3.8, 4) is 23.0 Å². The van der Waals surface area contributed by atoms with Crippen LogP contribution in [0.25, 0.3) is 0 Å². The Hall–Kier alpha value is -3.00. The molecule has 25 heavy (non-hydrogen) atoms. The Morgan fingerprint density at radius 2 is 2.12 bits per heavy atom. The fraction of sp³-hybridized carbons (Fsp3) is 0.176. The smallest absolute Gasteiger partial charge is 0.231 e. The number of nitrogens with two attached hydrogens (primary N) is 1. The number of rotatable bonds is 6. The Morgan fingerprint density at radius 3 is 2.92 bits per heavy atom. The fourth-order valence-corrected chi connectivity index (χ4v) is 2.34. The molecule has 1 aliphatic heterocycles. The summed E-state index contributed by atoms with van der Waals surface area (Å²) in [5, 5.41) is 4.05. The monoisotopic (exact) mass is 359 g/mol. The summed E-state index contributed by atoms with van der Waals surface area (Å²) in [4.78, 5) is 0. The van der Waals surface area contributed by atoms with Crippen molar-refractivity contribution in [3.05, 3.63) is 47.5 Å². The predicted molar refractivity (Wildman–Crippen MR) is 97.4 cm³/mol. The third kappa shape index (κ3) is 4.30. The van der Waals surface area contributed by atoms with Crippen LogP contribution in [0, 0.1) is 0 Å². The number of fused-ring (bicyclic) bond motifs is 1. The van der Waals surface area contributed by atoms with E-state index in [1.165, 1.54) is 0 Å². The topological polar surface area (TPSA) is 87.3 Å². The highest BCUT2D eigenvalue weighted by atomic mass is 32.1. The van der Waals surface area contributed by atoms with Crippen LogP contribution in [0.4, 0.5) is 0 Å². The van der Waals surface area contributed by atoms with E-state index in [0.717, 1.165) is 16.9 Å². The number of benzene rings is 2. The molecule has 0 amide bonds. The van der Waals surface area contributed by atoms with E-state index in [4.69, 9.17) is 36.9 Å². The molecule has 0 saturated carbocycles. The van der Waals surface area contributed by atoms with E-state index < -0.39 is 0 Å². The fourth-order valence-electron chi connectivity index (χ4n) is 2.29. The van der Waals surface area contributed by atoms with Gasteiger partial charge in [0.1, 0.15) is 18.1 Å². The van der Waals surface area contributed by atoms with E-state index in [9.17, 15) is 0 Å². The summed E-state index contributed by atoms with van der Waals surface area (Å²) in [6.45, 7) is 0.557. The third-order valence-corrected chi connectivity index (χ3v) is 3.52. The first-order chi connectivity index (χ1) is 12.2. The van der Waals surface area contributed by atoms with Crippen molar-refractivity contribution in [3.63, 3.8) is 0 Å². The van der Waals surface area contributed by atoms with Crippen LogP contribution < -0.4 is 30.1 Å². The van der Waals surface area contributed by atoms with Gasteiger partial charge in [-0.3, -0.25) is 5.43 Å². The van der Waals surface area contributed by atoms with Crippen LogP contribution in [-0.2, 0) is 6.61 Å². The maximum Gasteiger partial charge on any atom is 0.231 e. The van der Waals surface area contributed by atoms with Crippen LogP contribution in [0.5, 0.6) is 23.0 Å². The van der Waals surface area contributed by atoms with Gasteiger partial charge in [0.2, 0.25) is 6.79 Å². The van der Waals surface area contributed by atoms with Crippen LogP contribution in [0.2, 0.25) is 0 Å². The zero-order chi connectivity index (χ0) is 17.6. The van der Waals surface area contributed by atoms with Crippen molar-refractivity contribution in [2.24, 2.45) is 10.8 Å². The lowest BCUT2D eigenvalue weighted by molar-refractivity contribution is 0.173. The largest absolute Gasteiger partial charge is 0.496 e. The Morgan fingerprint density at radius 1 is 1.28 bits per heavy atom. The number of hydrazone groups is 1. The normalized spacial score (nSPS) is 12.2. The van der Waals surface area contributed by atoms with E-state index in [2.05, 4.69) is 10.5 Å². The molecule has 1 heterocycles. The second-order valence-electron chi connectivity index (χ2n) is 5.11. The lowest BCUT2D eigenvalue weighted by Crippen LogP contribution is -2.24. The minimum atomic E-state index is 0.108.